The Kier molecular flexibility index (Phi) is 16.4. The van der Waals surface area contributed by atoms with E-state index in [4.69, 9.17) is 37.0 Å². The van der Waals surface area contributed by atoms with Gasteiger partial charge in [-0.2, -0.15) is 0 Å². The van der Waals surface area contributed by atoms with Gasteiger partial charge in [-0.25, -0.2) is 0 Å². The number of hydrogen-bond donors (Lipinski definition) is 1. The Morgan fingerprint density at radius 2 is 0.500 bits per heavy atom. The molecule has 0 rings (SSSR count). The molecule has 0 bridgehead atoms. The fourth-order valence-corrected chi connectivity index (χ4v) is 46.7. The van der Waals surface area contributed by atoms with Crippen LogP contribution in [0.1, 0.15) is 6.42 Å². The molecule has 0 saturated carbocycles. The smallest absolute Gasteiger partial charge is 0.417 e. The van der Waals surface area contributed by atoms with Crippen molar-refractivity contribution in [2.45, 2.75) is 150 Å². The molecule has 0 aliphatic rings. The highest BCUT2D eigenvalue weighted by Gasteiger charge is 2.63. The summed E-state index contributed by atoms with van der Waals surface area (Å²) < 4.78 is 63.0. The molecule has 0 saturated heterocycles. The van der Waals surface area contributed by atoms with E-state index >= 15 is 0 Å². The zero-order chi connectivity index (χ0) is 35.5. The normalized spacial score (nSPS) is 15.7. The van der Waals surface area contributed by atoms with Crippen molar-refractivity contribution in [2.75, 3.05) is 6.61 Å². The van der Waals surface area contributed by atoms with E-state index in [-0.39, 0.29) is 6.61 Å². The first-order valence-corrected chi connectivity index (χ1v) is 44.9. The molecule has 20 heteroatoms. The van der Waals surface area contributed by atoms with Crippen molar-refractivity contribution in [3.63, 3.8) is 0 Å². The predicted molar refractivity (Wildman–Crippen MR) is 207 cm³/mol. The molecule has 0 heterocycles. The molecule has 0 aliphatic carbocycles. The van der Waals surface area contributed by atoms with Crippen LogP contribution < -0.4 is 0 Å². The van der Waals surface area contributed by atoms with Crippen LogP contribution >= 0.6 is 0 Å². The summed E-state index contributed by atoms with van der Waals surface area (Å²) in [4.78, 5) is 0. The van der Waals surface area contributed by atoms with Crippen LogP contribution in [0.25, 0.3) is 0 Å². The molecule has 0 aromatic rings. The van der Waals surface area contributed by atoms with Crippen LogP contribution in [0.15, 0.2) is 0 Å². The van der Waals surface area contributed by atoms with E-state index in [1.807, 2.05) is 19.6 Å². The van der Waals surface area contributed by atoms with Crippen molar-refractivity contribution < 1.29 is 42.1 Å². The largest absolute Gasteiger partial charge is 0.478 e. The molecule has 0 atom stereocenters. The maximum absolute atomic E-state index is 10.2. The molecule has 10 nitrogen and oxygen atoms in total. The molecule has 0 aromatic carbocycles. The van der Waals surface area contributed by atoms with Gasteiger partial charge in [-0.05, 0) is 124 Å². The summed E-state index contributed by atoms with van der Waals surface area (Å²) >= 11 is 0. The van der Waals surface area contributed by atoms with E-state index in [0.29, 0.717) is 12.5 Å². The van der Waals surface area contributed by atoms with Gasteiger partial charge in [0.1, 0.15) is 0 Å². The summed E-state index contributed by atoms with van der Waals surface area (Å²) in [5.41, 5.74) is 0. The van der Waals surface area contributed by atoms with E-state index in [1.54, 1.807) is 0 Å². The lowest BCUT2D eigenvalue weighted by molar-refractivity contribution is 0.118. The van der Waals surface area contributed by atoms with Crippen LogP contribution in [0, 0.1) is 0 Å². The van der Waals surface area contributed by atoms with Gasteiger partial charge in [0.2, 0.25) is 0 Å². The van der Waals surface area contributed by atoms with E-state index < -0.39 is 85.1 Å². The number of aliphatic hydroxyl groups is 1. The maximum atomic E-state index is 10.2. The fraction of sp³-hybridized carbons (Fsp3) is 1.00. The van der Waals surface area contributed by atoms with Gasteiger partial charge in [0.15, 0.2) is 49.9 Å². The molecule has 266 valence electrons. The number of aliphatic hydroxyl groups excluding tert-OH is 1. The third kappa shape index (κ3) is 21.7. The van der Waals surface area contributed by atoms with Crippen molar-refractivity contribution in [1.29, 1.82) is 0 Å². The Bertz CT molecular complexity index is 732. The van der Waals surface area contributed by atoms with Gasteiger partial charge in [0, 0.05) is 32.3 Å². The van der Waals surface area contributed by atoms with Crippen molar-refractivity contribution >= 4 is 85.1 Å². The second kappa shape index (κ2) is 15.8. The average molecular weight is 800 g/mol. The van der Waals surface area contributed by atoms with Crippen LogP contribution in [0.5, 0.6) is 0 Å². The quantitative estimate of drug-likeness (QED) is 0.115. The minimum atomic E-state index is -3.91. The lowest BCUT2D eigenvalue weighted by atomic mass is 10.5. The highest BCUT2D eigenvalue weighted by molar-refractivity contribution is 6.95. The summed E-state index contributed by atoms with van der Waals surface area (Å²) in [5, 5.41) is 10.2. The second-order valence-electron chi connectivity index (χ2n) is 17.7. The molecule has 0 amide bonds. The highest BCUT2D eigenvalue weighted by Crippen LogP contribution is 2.37. The maximum Gasteiger partial charge on any atom is 0.478 e. The fourth-order valence-electron chi connectivity index (χ4n) is 4.88. The van der Waals surface area contributed by atoms with Gasteiger partial charge in [-0.15, -0.1) is 0 Å². The van der Waals surface area contributed by atoms with Crippen molar-refractivity contribution in [2.24, 2.45) is 0 Å². The summed E-state index contributed by atoms with van der Waals surface area (Å²) in [7, 11) is -27.2. The third-order valence-corrected chi connectivity index (χ3v) is 37.4. The van der Waals surface area contributed by atoms with Gasteiger partial charge >= 0.3 is 35.2 Å². The molecule has 0 radical (unpaired) electrons. The summed E-state index contributed by atoms with van der Waals surface area (Å²) in [6.45, 7) is 44.3. The molecule has 1 N–H and O–H groups in total. The first-order chi connectivity index (χ1) is 18.9. The lowest BCUT2D eigenvalue weighted by Crippen LogP contribution is -2.71. The molecule has 0 fully saturated rings. The van der Waals surface area contributed by atoms with Gasteiger partial charge in [0.25, 0.3) is 0 Å². The van der Waals surface area contributed by atoms with Crippen molar-refractivity contribution in [3.05, 3.63) is 0 Å². The number of rotatable bonds is 21. The van der Waals surface area contributed by atoms with E-state index in [1.165, 1.54) is 0 Å². The van der Waals surface area contributed by atoms with E-state index in [0.717, 1.165) is 0 Å². The zero-order valence-electron chi connectivity index (χ0n) is 32.2. The van der Waals surface area contributed by atoms with Crippen LogP contribution in [0.3, 0.4) is 0 Å². The highest BCUT2D eigenvalue weighted by atomic mass is 28.6. The Balaban J connectivity index is 7.73. The van der Waals surface area contributed by atoms with E-state index in [2.05, 4.69) is 118 Å². The Labute approximate surface area is 282 Å². The molecule has 0 unspecified atom stereocenters. The summed E-state index contributed by atoms with van der Waals surface area (Å²) in [6.07, 6.45) is 0.394. The van der Waals surface area contributed by atoms with Crippen LogP contribution in [0.4, 0.5) is 0 Å². The molecule has 44 heavy (non-hydrogen) atoms. The standard InChI is InChI=1S/C24H70O10Si10/c1-35(2,3)26-41(19,27-36(4,5)6)32-44(24-22-23-25,33-42(20,28-37(7,8)9)29-38(10,11)12)34-43(21,30-39(13,14)15)31-40(16,17)18/h25H,22-24H2,1-21H3. The minimum Gasteiger partial charge on any atom is -0.417 e. The third-order valence-electron chi connectivity index (χ3n) is 4.61. The van der Waals surface area contributed by atoms with Crippen LogP contribution in [-0.4, -0.2) is 96.8 Å². The first kappa shape index (κ1) is 45.8. The Morgan fingerprint density at radius 3 is 0.636 bits per heavy atom. The van der Waals surface area contributed by atoms with Crippen LogP contribution in [0.2, 0.25) is 144 Å². The Hall–Kier alpha value is 1.77. The average Bonchev–Trinajstić information content (AvgIpc) is 2.54. The van der Waals surface area contributed by atoms with Gasteiger partial charge in [-0.3, -0.25) is 0 Å². The first-order valence-electron chi connectivity index (χ1n) is 15.8. The van der Waals surface area contributed by atoms with Gasteiger partial charge in [0.05, 0.1) is 0 Å². The number of hydrogen-bond acceptors (Lipinski definition) is 10. The van der Waals surface area contributed by atoms with Gasteiger partial charge in [-0.1, -0.05) is 0 Å². The predicted octanol–water partition coefficient (Wildman–Crippen LogP) is 8.17. The summed E-state index contributed by atoms with van der Waals surface area (Å²) in [6, 6.07) is 0.315. The van der Waals surface area contributed by atoms with Crippen molar-refractivity contribution in [1.82, 2.24) is 0 Å². The van der Waals surface area contributed by atoms with Crippen molar-refractivity contribution in [3.8, 4) is 0 Å². The molecular formula is C24H70O10Si10. The topological polar surface area (TPSA) is 103 Å². The minimum absolute atomic E-state index is 0.0586. The van der Waals surface area contributed by atoms with Crippen LogP contribution in [-0.2, 0) is 37.0 Å². The van der Waals surface area contributed by atoms with Gasteiger partial charge < -0.3 is 42.1 Å². The molecule has 0 aliphatic heterocycles. The Morgan fingerprint density at radius 1 is 0.318 bits per heavy atom. The monoisotopic (exact) mass is 798 g/mol. The summed E-state index contributed by atoms with van der Waals surface area (Å²) in [5.74, 6) is 0. The second-order valence-corrected chi connectivity index (χ2v) is 57.4. The molecular weight excluding hydrogens is 729 g/mol. The van der Waals surface area contributed by atoms with E-state index in [9.17, 15) is 5.11 Å². The molecule has 0 aromatic heterocycles. The zero-order valence-corrected chi connectivity index (χ0v) is 42.2. The lowest BCUT2D eigenvalue weighted by Gasteiger charge is -2.49. The molecule has 0 spiro atoms. The SMILES string of the molecule is C[Si](C)(C)O[Si](C)(O[Si](C)(C)C)O[Si](CCCO)(O[Si](C)(O[Si](C)(C)C)O[Si](C)(C)C)O[Si](C)(O[Si](C)(C)C)O[Si](C)(C)C.